The summed E-state index contributed by atoms with van der Waals surface area (Å²) < 4.78 is 24.4. The number of primary amides is 1. The third kappa shape index (κ3) is 22.9. The van der Waals surface area contributed by atoms with Crippen molar-refractivity contribution in [3.8, 4) is 0 Å². The lowest BCUT2D eigenvalue weighted by molar-refractivity contribution is -0.303. The maximum absolute atomic E-state index is 14.0. The standard InChI is InChI=1S/C60H98N8O15/c1-6-7-8-9-10-11-12-13-14-15-16-17-19-38(4)52(72)47(36-80-57-55(75)54(74)53(73)50(33-69)83-57)64-59(78)81-34-40-21-23-42(24-22-40)63-56(76)41(20-18-30-62-58(61)77)32-49(71)51(37(2)3)65-60(79)82-35-45-43-25-27-46-48(28-26-44(43)45)68(67-66-46)31-29-39(5)70/h21-24,37-38,41,43-45,47,50-55,57,69,72-75H,6-20,25-36H2,1-5H3,(H,63,76)(H,64,78)(H,65,79)(H3,61,62,77)/t38-,41-,43-,44+,45?,47+,50?,51?,52-,53+,54+,55?,57+/m1/s1. The number of alkyl carbamates (subject to hydrolysis) is 2. The number of benzene rings is 1. The Morgan fingerprint density at radius 3 is 2.07 bits per heavy atom. The molecule has 0 spiro atoms. The van der Waals surface area contributed by atoms with Crippen molar-refractivity contribution in [3.05, 3.63) is 41.2 Å². The number of aliphatic hydroxyl groups excluding tert-OH is 5. The molecule has 83 heavy (non-hydrogen) atoms. The van der Waals surface area contributed by atoms with Crippen molar-refractivity contribution in [2.24, 2.45) is 41.2 Å². The number of Topliss-reactive ketones (excluding diaryl/α,β-unsaturated/α-hetero) is 2. The summed E-state index contributed by atoms with van der Waals surface area (Å²) in [4.78, 5) is 77.5. The van der Waals surface area contributed by atoms with Crippen LogP contribution >= 0.6 is 0 Å². The van der Waals surface area contributed by atoms with E-state index in [0.29, 0.717) is 48.9 Å². The molecule has 23 heteroatoms. The molecule has 4 unspecified atom stereocenters. The van der Waals surface area contributed by atoms with Crippen molar-refractivity contribution < 1.29 is 73.2 Å². The van der Waals surface area contributed by atoms with E-state index in [2.05, 4.69) is 38.5 Å². The lowest BCUT2D eigenvalue weighted by atomic mass is 9.89. The molecule has 3 aliphatic rings. The normalized spacial score (nSPS) is 23.0. The van der Waals surface area contributed by atoms with Gasteiger partial charge in [0.2, 0.25) is 5.91 Å². The van der Waals surface area contributed by atoms with Crippen LogP contribution in [0, 0.1) is 35.5 Å². The van der Waals surface area contributed by atoms with E-state index in [1.807, 2.05) is 11.6 Å². The third-order valence-corrected chi connectivity index (χ3v) is 16.8. The van der Waals surface area contributed by atoms with E-state index in [-0.39, 0.29) is 68.5 Å². The maximum atomic E-state index is 14.0. The Balaban J connectivity index is 1.11. The molecule has 1 saturated heterocycles. The largest absolute Gasteiger partial charge is 0.449 e. The van der Waals surface area contributed by atoms with Gasteiger partial charge in [-0.3, -0.25) is 14.4 Å². The number of aryl methyl sites for hydroxylation is 2. The van der Waals surface area contributed by atoms with Crippen molar-refractivity contribution in [1.82, 2.24) is 30.9 Å². The first-order valence-electron chi connectivity index (χ1n) is 30.6. The minimum Gasteiger partial charge on any atom is -0.449 e. The molecule has 13 atom stereocenters. The van der Waals surface area contributed by atoms with E-state index in [9.17, 15) is 54.3 Å². The monoisotopic (exact) mass is 1170 g/mol. The molecule has 5 amide bonds. The Kier molecular flexibility index (Phi) is 29.6. The van der Waals surface area contributed by atoms with Crippen molar-refractivity contribution in [2.75, 3.05) is 31.7 Å². The second kappa shape index (κ2) is 35.9. The summed E-state index contributed by atoms with van der Waals surface area (Å²) in [5.74, 6) is -1.33. The molecule has 0 bridgehead atoms. The number of anilines is 1. The second-order valence-corrected chi connectivity index (χ2v) is 23.7. The van der Waals surface area contributed by atoms with Gasteiger partial charge in [0.15, 0.2) is 12.1 Å². The van der Waals surface area contributed by atoms with Crippen molar-refractivity contribution in [1.29, 1.82) is 0 Å². The van der Waals surface area contributed by atoms with Crippen molar-refractivity contribution >= 4 is 41.4 Å². The van der Waals surface area contributed by atoms with Crippen LogP contribution in [0.3, 0.4) is 0 Å². The maximum Gasteiger partial charge on any atom is 0.407 e. The zero-order valence-corrected chi connectivity index (χ0v) is 49.7. The minimum atomic E-state index is -1.69. The third-order valence-electron chi connectivity index (χ3n) is 16.8. The average molecular weight is 1170 g/mol. The smallest absolute Gasteiger partial charge is 0.407 e. The highest BCUT2D eigenvalue weighted by atomic mass is 16.7. The molecule has 5 rings (SSSR count). The molecule has 1 saturated carbocycles. The Labute approximate surface area is 489 Å². The number of fused-ring (bicyclic) bond motifs is 2. The first-order chi connectivity index (χ1) is 39.8. The number of unbranched alkanes of at least 4 members (excludes halogenated alkanes) is 11. The summed E-state index contributed by atoms with van der Waals surface area (Å²) in [7, 11) is 0. The second-order valence-electron chi connectivity index (χ2n) is 23.7. The molecule has 11 N–H and O–H groups in total. The number of aliphatic hydroxyl groups is 5. The van der Waals surface area contributed by atoms with Gasteiger partial charge in [-0.2, -0.15) is 0 Å². The molecular weight excluding hydrogens is 1070 g/mol. The Hall–Kier alpha value is -5.30. The fourth-order valence-corrected chi connectivity index (χ4v) is 11.5. The average Bonchev–Trinajstić information content (AvgIpc) is 4.01. The summed E-state index contributed by atoms with van der Waals surface area (Å²) in [6.45, 7) is 8.85. The highest BCUT2D eigenvalue weighted by Gasteiger charge is 2.51. The number of hydrogen-bond donors (Lipinski definition) is 10. The van der Waals surface area contributed by atoms with Gasteiger partial charge >= 0.3 is 18.2 Å². The van der Waals surface area contributed by atoms with Gasteiger partial charge in [0.25, 0.3) is 0 Å². The zero-order valence-electron chi connectivity index (χ0n) is 49.7. The van der Waals surface area contributed by atoms with Gasteiger partial charge < -0.3 is 71.5 Å². The predicted molar refractivity (Wildman–Crippen MR) is 308 cm³/mol. The number of carbonyl (C=O) groups is 6. The Morgan fingerprint density at radius 1 is 0.807 bits per heavy atom. The highest BCUT2D eigenvalue weighted by Crippen LogP contribution is 2.53. The molecular formula is C60H98N8O15. The molecule has 2 heterocycles. The van der Waals surface area contributed by atoms with Gasteiger partial charge in [0, 0.05) is 37.5 Å². The number of nitrogens with two attached hydrogens (primary N) is 1. The van der Waals surface area contributed by atoms with E-state index in [4.69, 9.17) is 24.7 Å². The van der Waals surface area contributed by atoms with Crippen LogP contribution in [0.2, 0.25) is 0 Å². The number of rotatable bonds is 38. The van der Waals surface area contributed by atoms with Crippen LogP contribution in [0.5, 0.6) is 0 Å². The number of ketones is 2. The number of carbonyl (C=O) groups excluding carboxylic acids is 6. The van der Waals surface area contributed by atoms with Crippen LogP contribution in [-0.2, 0) is 59.3 Å². The van der Waals surface area contributed by atoms with Gasteiger partial charge in [-0.05, 0) is 99.2 Å². The SMILES string of the molecule is CCCCCCCCCCCCCC[C@@H](C)[C@@H](O)[C@H](CO[C@H]1OC(CO)[C@H](O)[C@H](O)C1O)NC(=O)OCc1ccc(NC(=O)[C@H](CCCNC(N)=O)CC(=O)C(NC(=O)OCC2[C@H]3CCc4c(nnn4CCC(C)=O)CC[C@@H]23)C(C)C)cc1. The fraction of sp³-hybridized carbons (Fsp3) is 0.767. The fourth-order valence-electron chi connectivity index (χ4n) is 11.5. The van der Waals surface area contributed by atoms with Gasteiger partial charge in [-0.1, -0.05) is 122 Å². The molecule has 2 fully saturated rings. The van der Waals surface area contributed by atoms with Crippen LogP contribution in [0.4, 0.5) is 20.1 Å². The Bertz CT molecular complexity index is 2300. The highest BCUT2D eigenvalue weighted by molar-refractivity contribution is 5.97. The summed E-state index contributed by atoms with van der Waals surface area (Å²) in [6, 6.07) is 3.74. The number of urea groups is 1. The van der Waals surface area contributed by atoms with E-state index < -0.39 is 85.5 Å². The molecule has 1 aromatic carbocycles. The number of nitrogens with zero attached hydrogens (tertiary/aromatic N) is 3. The van der Waals surface area contributed by atoms with Gasteiger partial charge in [-0.15, -0.1) is 5.10 Å². The van der Waals surface area contributed by atoms with Crippen LogP contribution < -0.4 is 27.0 Å². The number of hydrogen-bond acceptors (Lipinski definition) is 17. The molecule has 2 aliphatic carbocycles. The molecule has 468 valence electrons. The zero-order chi connectivity index (χ0) is 60.4. The predicted octanol–water partition coefficient (Wildman–Crippen LogP) is 5.91. The van der Waals surface area contributed by atoms with E-state index in [0.717, 1.165) is 62.8 Å². The number of aromatic nitrogens is 3. The summed E-state index contributed by atoms with van der Waals surface area (Å²) in [6.07, 6.45) is 8.49. The first kappa shape index (κ1) is 68.5. The number of ether oxygens (including phenoxy) is 4. The molecule has 1 aromatic heterocycles. The lowest BCUT2D eigenvalue weighted by Gasteiger charge is -2.40. The molecule has 0 radical (unpaired) electrons. The Morgan fingerprint density at radius 2 is 1.45 bits per heavy atom. The van der Waals surface area contributed by atoms with Crippen molar-refractivity contribution in [2.45, 2.75) is 232 Å². The number of nitrogens with one attached hydrogen (secondary N) is 4. The summed E-state index contributed by atoms with van der Waals surface area (Å²) in [5.41, 5.74) is 8.21. The quantitative estimate of drug-likeness (QED) is 0.0349. The van der Waals surface area contributed by atoms with Crippen molar-refractivity contribution in [3.63, 3.8) is 0 Å². The van der Waals surface area contributed by atoms with Crippen LogP contribution in [0.1, 0.15) is 174 Å². The van der Waals surface area contributed by atoms with Crippen LogP contribution in [0.15, 0.2) is 24.3 Å². The van der Waals surface area contributed by atoms with E-state index in [1.165, 1.54) is 51.4 Å². The molecule has 2 aromatic rings. The summed E-state index contributed by atoms with van der Waals surface area (Å²) >= 11 is 0. The van der Waals surface area contributed by atoms with E-state index in [1.54, 1.807) is 45.0 Å². The number of amides is 5. The van der Waals surface area contributed by atoms with Gasteiger partial charge in [0.05, 0.1) is 49.4 Å². The van der Waals surface area contributed by atoms with Crippen LogP contribution in [-0.4, -0.2) is 151 Å². The van der Waals surface area contributed by atoms with Gasteiger partial charge in [0.1, 0.15) is 36.8 Å². The van der Waals surface area contributed by atoms with Crippen LogP contribution in [0.25, 0.3) is 0 Å². The molecule has 23 nitrogen and oxygen atoms in total. The van der Waals surface area contributed by atoms with Gasteiger partial charge in [-0.25, -0.2) is 19.1 Å². The first-order valence-corrected chi connectivity index (χ1v) is 30.6. The molecule has 1 aliphatic heterocycles. The lowest BCUT2D eigenvalue weighted by Crippen LogP contribution is -2.60. The summed E-state index contributed by atoms with van der Waals surface area (Å²) in [5, 5.41) is 71.9. The topological polar surface area (TPSA) is 345 Å². The van der Waals surface area contributed by atoms with E-state index >= 15 is 0 Å². The minimum absolute atomic E-state index is 0.0927.